The van der Waals surface area contributed by atoms with Crippen LogP contribution in [0.3, 0.4) is 0 Å². The molecule has 0 aromatic heterocycles. The maximum atomic E-state index is 14.0. The molecule has 2 bridgehead atoms. The van der Waals surface area contributed by atoms with E-state index in [0.717, 1.165) is 18.8 Å². The van der Waals surface area contributed by atoms with Gasteiger partial charge in [-0.15, -0.1) is 0 Å². The largest absolute Gasteiger partial charge is 0.494 e. The summed E-state index contributed by atoms with van der Waals surface area (Å²) in [6.07, 6.45) is 1.57. The molecule has 3 amide bonds. The number of aliphatic hydroxyl groups is 1. The third-order valence-electron chi connectivity index (χ3n) is 9.25. The van der Waals surface area contributed by atoms with Gasteiger partial charge < -0.3 is 35.0 Å². The monoisotopic (exact) mass is 578 g/mol. The number of anilines is 3. The fourth-order valence-electron chi connectivity index (χ4n) is 7.34. The van der Waals surface area contributed by atoms with Crippen LogP contribution in [0, 0.1) is 11.8 Å². The van der Waals surface area contributed by atoms with Crippen LogP contribution in [-0.2, 0) is 19.1 Å². The minimum absolute atomic E-state index is 0.0220. The van der Waals surface area contributed by atoms with Gasteiger partial charge in [0, 0.05) is 36.7 Å². The van der Waals surface area contributed by atoms with Gasteiger partial charge in [-0.1, -0.05) is 6.92 Å². The SMILES string of the molecule is CCOc1ccc(NC(=O)[C@@H]2[C@H]3C(=O)N(CCO)C(C(=O)Nc4ccc(N(CC)CC)cc4)C34CC[C@@]2(CC)O4)cc1. The molecule has 0 aliphatic carbocycles. The molecule has 3 fully saturated rings. The zero-order valence-corrected chi connectivity index (χ0v) is 24.9. The predicted octanol–water partition coefficient (Wildman–Crippen LogP) is 3.66. The Morgan fingerprint density at radius 2 is 1.60 bits per heavy atom. The first kappa shape index (κ1) is 29.8. The lowest BCUT2D eigenvalue weighted by molar-refractivity contribution is -0.144. The second-order valence-electron chi connectivity index (χ2n) is 11.2. The average Bonchev–Trinajstić information content (AvgIpc) is 3.59. The lowest BCUT2D eigenvalue weighted by Gasteiger charge is -2.34. The smallest absolute Gasteiger partial charge is 0.250 e. The maximum Gasteiger partial charge on any atom is 0.250 e. The third-order valence-corrected chi connectivity index (χ3v) is 9.25. The van der Waals surface area contributed by atoms with Crippen molar-refractivity contribution in [2.45, 2.75) is 64.2 Å². The number of aliphatic hydroxyl groups excluding tert-OH is 1. The van der Waals surface area contributed by atoms with Gasteiger partial charge in [0.1, 0.15) is 17.4 Å². The number of β-amino-alcohol motifs (C(OH)–C–C–N with tert-alkyl or cyclic N) is 1. The van der Waals surface area contributed by atoms with E-state index in [2.05, 4.69) is 29.4 Å². The van der Waals surface area contributed by atoms with Gasteiger partial charge in [-0.3, -0.25) is 14.4 Å². The lowest BCUT2D eigenvalue weighted by atomic mass is 9.65. The van der Waals surface area contributed by atoms with Crippen molar-refractivity contribution in [3.05, 3.63) is 48.5 Å². The molecule has 10 heteroatoms. The zero-order valence-electron chi connectivity index (χ0n) is 24.9. The summed E-state index contributed by atoms with van der Waals surface area (Å²) in [6, 6.07) is 13.7. The third kappa shape index (κ3) is 4.90. The minimum Gasteiger partial charge on any atom is -0.494 e. The van der Waals surface area contributed by atoms with Crippen LogP contribution in [-0.4, -0.2) is 77.8 Å². The molecule has 2 unspecified atom stereocenters. The van der Waals surface area contributed by atoms with Crippen molar-refractivity contribution in [3.63, 3.8) is 0 Å². The van der Waals surface area contributed by atoms with Gasteiger partial charge in [0.15, 0.2) is 0 Å². The van der Waals surface area contributed by atoms with Crippen molar-refractivity contribution >= 4 is 34.8 Å². The summed E-state index contributed by atoms with van der Waals surface area (Å²) in [5, 5.41) is 15.8. The Balaban J connectivity index is 1.42. The van der Waals surface area contributed by atoms with Crippen LogP contribution in [0.15, 0.2) is 48.5 Å². The van der Waals surface area contributed by atoms with Crippen molar-refractivity contribution in [2.75, 3.05) is 48.4 Å². The number of hydrogen-bond acceptors (Lipinski definition) is 7. The van der Waals surface area contributed by atoms with E-state index in [1.54, 1.807) is 24.3 Å². The molecule has 5 atom stereocenters. The van der Waals surface area contributed by atoms with Gasteiger partial charge in [-0.25, -0.2) is 0 Å². The van der Waals surface area contributed by atoms with Crippen molar-refractivity contribution in [3.8, 4) is 5.75 Å². The zero-order chi connectivity index (χ0) is 30.1. The van der Waals surface area contributed by atoms with E-state index in [1.807, 2.05) is 38.1 Å². The minimum atomic E-state index is -1.16. The molecule has 226 valence electrons. The highest BCUT2D eigenvalue weighted by Crippen LogP contribution is 2.64. The first-order chi connectivity index (χ1) is 20.3. The highest BCUT2D eigenvalue weighted by molar-refractivity contribution is 6.05. The molecule has 3 aliphatic rings. The lowest BCUT2D eigenvalue weighted by Crippen LogP contribution is -2.53. The number of likely N-dealkylation sites (tertiary alicyclic amines) is 1. The Hall–Kier alpha value is -3.63. The molecule has 3 heterocycles. The van der Waals surface area contributed by atoms with Crippen LogP contribution in [0.2, 0.25) is 0 Å². The summed E-state index contributed by atoms with van der Waals surface area (Å²) in [6.45, 7) is 9.99. The molecule has 3 N–H and O–H groups in total. The number of carbonyl (C=O) groups excluding carboxylic acids is 3. The van der Waals surface area contributed by atoms with Gasteiger partial charge >= 0.3 is 0 Å². The van der Waals surface area contributed by atoms with Crippen molar-refractivity contribution in [1.29, 1.82) is 0 Å². The number of ether oxygens (including phenoxy) is 2. The van der Waals surface area contributed by atoms with E-state index in [0.29, 0.717) is 43.0 Å². The molecule has 0 radical (unpaired) electrons. The number of fused-ring (bicyclic) bond motifs is 1. The van der Waals surface area contributed by atoms with Crippen molar-refractivity contribution < 1.29 is 29.0 Å². The molecule has 3 saturated heterocycles. The summed E-state index contributed by atoms with van der Waals surface area (Å²) < 4.78 is 12.3. The molecule has 10 nitrogen and oxygen atoms in total. The van der Waals surface area contributed by atoms with E-state index < -0.39 is 29.1 Å². The fraction of sp³-hybridized carbons (Fsp3) is 0.531. The number of nitrogens with one attached hydrogen (secondary N) is 2. The van der Waals surface area contributed by atoms with Crippen LogP contribution < -0.4 is 20.3 Å². The molecule has 42 heavy (non-hydrogen) atoms. The molecular weight excluding hydrogens is 536 g/mol. The Bertz CT molecular complexity index is 1300. The molecule has 2 aromatic rings. The summed E-state index contributed by atoms with van der Waals surface area (Å²) in [4.78, 5) is 45.5. The van der Waals surface area contributed by atoms with Gasteiger partial charge in [0.25, 0.3) is 0 Å². The molecular formula is C32H42N4O6. The number of hydrogen-bond donors (Lipinski definition) is 3. The van der Waals surface area contributed by atoms with Crippen LogP contribution in [0.1, 0.15) is 47.0 Å². The second-order valence-corrected chi connectivity index (χ2v) is 11.2. The number of amides is 3. The van der Waals surface area contributed by atoms with Gasteiger partial charge in [0.2, 0.25) is 17.7 Å². The summed E-state index contributed by atoms with van der Waals surface area (Å²) in [7, 11) is 0. The number of benzene rings is 2. The summed E-state index contributed by atoms with van der Waals surface area (Å²) >= 11 is 0. The van der Waals surface area contributed by atoms with Crippen molar-refractivity contribution in [1.82, 2.24) is 4.90 Å². The number of nitrogens with zero attached hydrogens (tertiary/aromatic N) is 2. The molecule has 3 aliphatic heterocycles. The van der Waals surface area contributed by atoms with Crippen LogP contribution in [0.25, 0.3) is 0 Å². The summed E-state index contributed by atoms with van der Waals surface area (Å²) in [5.74, 6) is -1.93. The first-order valence-corrected chi connectivity index (χ1v) is 15.1. The first-order valence-electron chi connectivity index (χ1n) is 15.1. The number of carbonyl (C=O) groups is 3. The number of rotatable bonds is 12. The van der Waals surface area contributed by atoms with E-state index >= 15 is 0 Å². The molecule has 0 saturated carbocycles. The Morgan fingerprint density at radius 3 is 2.17 bits per heavy atom. The topological polar surface area (TPSA) is 120 Å². The Morgan fingerprint density at radius 1 is 0.976 bits per heavy atom. The van der Waals surface area contributed by atoms with Crippen LogP contribution >= 0.6 is 0 Å². The maximum absolute atomic E-state index is 14.0. The Labute approximate surface area is 247 Å². The van der Waals surface area contributed by atoms with E-state index in [-0.39, 0.29) is 30.9 Å². The van der Waals surface area contributed by atoms with Crippen LogP contribution in [0.4, 0.5) is 17.1 Å². The van der Waals surface area contributed by atoms with E-state index in [1.165, 1.54) is 4.90 Å². The molecule has 5 rings (SSSR count). The normalized spacial score (nSPS) is 27.6. The average molecular weight is 579 g/mol. The van der Waals surface area contributed by atoms with Gasteiger partial charge in [-0.05, 0) is 88.6 Å². The quantitative estimate of drug-likeness (QED) is 0.352. The van der Waals surface area contributed by atoms with E-state index in [9.17, 15) is 19.5 Å². The highest BCUT2D eigenvalue weighted by Gasteiger charge is 2.78. The van der Waals surface area contributed by atoms with Crippen LogP contribution in [0.5, 0.6) is 5.75 Å². The van der Waals surface area contributed by atoms with E-state index in [4.69, 9.17) is 9.47 Å². The highest BCUT2D eigenvalue weighted by atomic mass is 16.5. The standard InChI is InChI=1S/C32H42N4O6/c1-5-31-17-18-32(42-31)26(25(31)28(38)33-22-11-15-24(16-12-22)41-8-4)30(40)36(19-20-37)27(32)29(39)34-21-9-13-23(14-10-21)35(6-2)7-3/h9-16,25-27,37H,5-8,17-20H2,1-4H3,(H,33,38)(H,34,39)/t25-,26-,27?,31+,32?/m0/s1. The predicted molar refractivity (Wildman–Crippen MR) is 161 cm³/mol. The second kappa shape index (κ2) is 11.9. The van der Waals surface area contributed by atoms with Gasteiger partial charge in [0.05, 0.1) is 30.7 Å². The molecule has 2 aromatic carbocycles. The summed E-state index contributed by atoms with van der Waals surface area (Å²) in [5.41, 5.74) is 0.235. The Kier molecular flexibility index (Phi) is 8.48. The van der Waals surface area contributed by atoms with Gasteiger partial charge in [-0.2, -0.15) is 0 Å². The van der Waals surface area contributed by atoms with Crippen molar-refractivity contribution in [2.24, 2.45) is 11.8 Å². The fourth-order valence-corrected chi connectivity index (χ4v) is 7.34. The molecule has 1 spiro atoms.